The molecule has 0 fully saturated rings. The van der Waals surface area contributed by atoms with Gasteiger partial charge in [0.15, 0.2) is 0 Å². The Labute approximate surface area is 135 Å². The maximum Gasteiger partial charge on any atom is 0.123 e. The fourth-order valence-corrected chi connectivity index (χ4v) is 4.20. The van der Waals surface area contributed by atoms with E-state index < -0.39 is 0 Å². The van der Waals surface area contributed by atoms with Crippen molar-refractivity contribution >= 4 is 22.5 Å². The molecule has 0 spiro atoms. The maximum absolute atomic E-state index is 10.5. The molecule has 0 saturated carbocycles. The van der Waals surface area contributed by atoms with Crippen molar-refractivity contribution in [1.29, 1.82) is 0 Å². The standard InChI is InChI=1S/C20H18OS/c1-12-9-17-16(11-19(12)22-2)18(21)10-14-8-7-13-5-3-4-6-15(13)20(14)17/h3-6,9-11,21H,7-8H2,1-2H3. The first-order valence-electron chi connectivity index (χ1n) is 7.60. The number of aromatic hydroxyl groups is 1. The van der Waals surface area contributed by atoms with Crippen molar-refractivity contribution in [2.45, 2.75) is 24.7 Å². The summed E-state index contributed by atoms with van der Waals surface area (Å²) >= 11 is 1.73. The van der Waals surface area contributed by atoms with Crippen LogP contribution >= 0.6 is 11.8 Å². The van der Waals surface area contributed by atoms with E-state index in [0.717, 1.165) is 18.2 Å². The van der Waals surface area contributed by atoms with E-state index in [1.54, 1.807) is 11.8 Å². The second-order valence-corrected chi connectivity index (χ2v) is 6.80. The number of hydrogen-bond acceptors (Lipinski definition) is 2. The van der Waals surface area contributed by atoms with Crippen molar-refractivity contribution in [3.8, 4) is 16.9 Å². The van der Waals surface area contributed by atoms with Gasteiger partial charge in [0.05, 0.1) is 0 Å². The maximum atomic E-state index is 10.5. The highest BCUT2D eigenvalue weighted by Gasteiger charge is 2.20. The van der Waals surface area contributed by atoms with Crippen LogP contribution in [-0.4, -0.2) is 11.4 Å². The molecular weight excluding hydrogens is 288 g/mol. The fourth-order valence-electron chi connectivity index (χ4n) is 3.58. The van der Waals surface area contributed by atoms with Crippen molar-refractivity contribution in [2.75, 3.05) is 6.26 Å². The largest absolute Gasteiger partial charge is 0.507 e. The van der Waals surface area contributed by atoms with Gasteiger partial charge in [-0.1, -0.05) is 24.3 Å². The zero-order valence-corrected chi connectivity index (χ0v) is 13.6. The number of rotatable bonds is 1. The van der Waals surface area contributed by atoms with Gasteiger partial charge in [-0.3, -0.25) is 0 Å². The molecule has 0 unspecified atom stereocenters. The predicted octanol–water partition coefficient (Wildman–Crippen LogP) is 5.34. The average Bonchev–Trinajstić information content (AvgIpc) is 2.54. The van der Waals surface area contributed by atoms with Gasteiger partial charge in [-0.15, -0.1) is 11.8 Å². The summed E-state index contributed by atoms with van der Waals surface area (Å²) in [4.78, 5) is 1.23. The third-order valence-corrected chi connectivity index (χ3v) is 5.54. The molecule has 1 N–H and O–H groups in total. The lowest BCUT2D eigenvalue weighted by Gasteiger charge is -2.23. The monoisotopic (exact) mass is 306 g/mol. The van der Waals surface area contributed by atoms with Gasteiger partial charge in [0.25, 0.3) is 0 Å². The lowest BCUT2D eigenvalue weighted by atomic mass is 9.82. The molecule has 4 rings (SSSR count). The minimum absolute atomic E-state index is 0.406. The van der Waals surface area contributed by atoms with E-state index in [-0.39, 0.29) is 0 Å². The van der Waals surface area contributed by atoms with Crippen LogP contribution in [0, 0.1) is 6.92 Å². The minimum atomic E-state index is 0.406. The van der Waals surface area contributed by atoms with E-state index in [0.29, 0.717) is 5.75 Å². The van der Waals surface area contributed by atoms with Gasteiger partial charge in [0.2, 0.25) is 0 Å². The smallest absolute Gasteiger partial charge is 0.123 e. The molecule has 0 amide bonds. The number of hydrogen-bond donors (Lipinski definition) is 1. The third kappa shape index (κ3) is 1.94. The predicted molar refractivity (Wildman–Crippen MR) is 95.0 cm³/mol. The topological polar surface area (TPSA) is 20.2 Å². The van der Waals surface area contributed by atoms with Gasteiger partial charge in [-0.2, -0.15) is 0 Å². The quantitative estimate of drug-likeness (QED) is 0.612. The first-order valence-corrected chi connectivity index (χ1v) is 8.83. The summed E-state index contributed by atoms with van der Waals surface area (Å²) in [5.41, 5.74) is 6.58. The first kappa shape index (κ1) is 13.7. The van der Waals surface area contributed by atoms with Crippen LogP contribution in [-0.2, 0) is 12.8 Å². The number of phenols is 1. The highest BCUT2D eigenvalue weighted by Crippen LogP contribution is 2.43. The Bertz CT molecular complexity index is 896. The molecule has 0 saturated heterocycles. The average molecular weight is 306 g/mol. The van der Waals surface area contributed by atoms with E-state index in [9.17, 15) is 5.11 Å². The molecule has 0 atom stereocenters. The fraction of sp³-hybridized carbons (Fsp3) is 0.200. The number of fused-ring (bicyclic) bond motifs is 5. The number of thioether (sulfide) groups is 1. The van der Waals surface area contributed by atoms with Gasteiger partial charge >= 0.3 is 0 Å². The van der Waals surface area contributed by atoms with Gasteiger partial charge < -0.3 is 5.11 Å². The zero-order chi connectivity index (χ0) is 15.3. The Morgan fingerprint density at radius 3 is 2.55 bits per heavy atom. The molecule has 1 nitrogen and oxygen atoms in total. The summed E-state index contributed by atoms with van der Waals surface area (Å²) in [5.74, 6) is 0.406. The molecule has 1 aliphatic carbocycles. The lowest BCUT2D eigenvalue weighted by Crippen LogP contribution is -2.04. The Hall–Kier alpha value is -1.93. The van der Waals surface area contributed by atoms with Gasteiger partial charge in [-0.05, 0) is 77.4 Å². The second-order valence-electron chi connectivity index (χ2n) is 5.95. The van der Waals surface area contributed by atoms with E-state index in [1.807, 2.05) is 6.07 Å². The summed E-state index contributed by atoms with van der Waals surface area (Å²) in [6.07, 6.45) is 4.13. The lowest BCUT2D eigenvalue weighted by molar-refractivity contribution is 0.481. The van der Waals surface area contributed by atoms with E-state index >= 15 is 0 Å². The highest BCUT2D eigenvalue weighted by molar-refractivity contribution is 7.98. The van der Waals surface area contributed by atoms with Gasteiger partial charge in [-0.25, -0.2) is 0 Å². The molecule has 1 aliphatic rings. The molecule has 0 radical (unpaired) electrons. The van der Waals surface area contributed by atoms with Crippen molar-refractivity contribution in [3.63, 3.8) is 0 Å². The SMILES string of the molecule is CSc1cc2c(O)cc3c(c2cc1C)-c1ccccc1CC3. The molecule has 110 valence electrons. The Kier molecular flexibility index (Phi) is 3.16. The van der Waals surface area contributed by atoms with Crippen LogP contribution < -0.4 is 0 Å². The van der Waals surface area contributed by atoms with Crippen molar-refractivity contribution in [2.24, 2.45) is 0 Å². The van der Waals surface area contributed by atoms with Gasteiger partial charge in [0.1, 0.15) is 5.75 Å². The van der Waals surface area contributed by atoms with Crippen LogP contribution in [0.1, 0.15) is 16.7 Å². The summed E-state index contributed by atoms with van der Waals surface area (Å²) < 4.78 is 0. The van der Waals surface area contributed by atoms with Crippen molar-refractivity contribution in [3.05, 3.63) is 59.2 Å². The summed E-state index contributed by atoms with van der Waals surface area (Å²) in [7, 11) is 0. The summed E-state index contributed by atoms with van der Waals surface area (Å²) in [6, 6.07) is 15.0. The minimum Gasteiger partial charge on any atom is -0.507 e. The van der Waals surface area contributed by atoms with Crippen LogP contribution in [0.15, 0.2) is 47.4 Å². The Morgan fingerprint density at radius 2 is 1.73 bits per heavy atom. The zero-order valence-electron chi connectivity index (χ0n) is 12.8. The molecule has 0 bridgehead atoms. The Balaban J connectivity index is 2.13. The summed E-state index contributed by atoms with van der Waals surface area (Å²) in [6.45, 7) is 2.15. The third-order valence-electron chi connectivity index (χ3n) is 4.66. The molecule has 0 heterocycles. The van der Waals surface area contributed by atoms with Crippen LogP contribution in [0.2, 0.25) is 0 Å². The number of phenolic OH excluding ortho intramolecular Hbond substituents is 1. The van der Waals surface area contributed by atoms with E-state index in [2.05, 4.69) is 49.6 Å². The van der Waals surface area contributed by atoms with Crippen LogP contribution in [0.25, 0.3) is 21.9 Å². The van der Waals surface area contributed by atoms with Crippen LogP contribution in [0.5, 0.6) is 5.75 Å². The molecular formula is C20H18OS. The molecule has 22 heavy (non-hydrogen) atoms. The normalized spacial score (nSPS) is 13.0. The number of aryl methyl sites for hydroxylation is 3. The molecule has 2 heteroatoms. The molecule has 0 aromatic heterocycles. The van der Waals surface area contributed by atoms with Crippen molar-refractivity contribution < 1.29 is 5.11 Å². The highest BCUT2D eigenvalue weighted by atomic mass is 32.2. The van der Waals surface area contributed by atoms with Crippen molar-refractivity contribution in [1.82, 2.24) is 0 Å². The van der Waals surface area contributed by atoms with Crippen LogP contribution in [0.3, 0.4) is 0 Å². The Morgan fingerprint density at radius 1 is 0.955 bits per heavy atom. The molecule has 3 aromatic rings. The molecule has 0 aliphatic heterocycles. The summed E-state index contributed by atoms with van der Waals surface area (Å²) in [5, 5.41) is 12.6. The van der Waals surface area contributed by atoms with Crippen LogP contribution in [0.4, 0.5) is 0 Å². The van der Waals surface area contributed by atoms with E-state index in [4.69, 9.17) is 0 Å². The first-order chi connectivity index (χ1) is 10.7. The molecule has 3 aromatic carbocycles. The number of benzene rings is 3. The van der Waals surface area contributed by atoms with Gasteiger partial charge in [0, 0.05) is 10.3 Å². The second kappa shape index (κ2) is 5.06. The van der Waals surface area contributed by atoms with E-state index in [1.165, 1.54) is 38.1 Å².